The van der Waals surface area contributed by atoms with E-state index in [4.69, 9.17) is 9.47 Å². The van der Waals surface area contributed by atoms with Gasteiger partial charge in [-0.15, -0.1) is 0 Å². The number of ether oxygens (including phenoxy) is 2. The molecule has 0 amide bonds. The summed E-state index contributed by atoms with van der Waals surface area (Å²) in [6, 6.07) is 0. The zero-order valence-electron chi connectivity index (χ0n) is 11.9. The Morgan fingerprint density at radius 2 is 2.05 bits per heavy atom. The lowest BCUT2D eigenvalue weighted by Gasteiger charge is -2.39. The maximum Gasteiger partial charge on any atom is 0.101 e. The lowest BCUT2D eigenvalue weighted by atomic mass is 9.68. The number of hydrogen-bond acceptors (Lipinski definition) is 4. The van der Waals surface area contributed by atoms with Gasteiger partial charge in [0.2, 0.25) is 0 Å². The highest BCUT2D eigenvalue weighted by molar-refractivity contribution is 5.20. The summed E-state index contributed by atoms with van der Waals surface area (Å²) in [5.41, 5.74) is 0.676. The van der Waals surface area contributed by atoms with Crippen molar-refractivity contribution in [2.24, 2.45) is 5.92 Å². The zero-order valence-corrected chi connectivity index (χ0v) is 11.9. The highest BCUT2D eigenvalue weighted by Gasteiger charge is 2.71. The minimum atomic E-state index is -0.738. The van der Waals surface area contributed by atoms with Crippen molar-refractivity contribution in [3.05, 3.63) is 11.6 Å². The molecule has 2 N–H and O–H groups in total. The molecule has 1 aliphatic carbocycles. The van der Waals surface area contributed by atoms with Crippen LogP contribution in [0.3, 0.4) is 0 Å². The van der Waals surface area contributed by atoms with Crippen LogP contribution in [0.2, 0.25) is 0 Å². The largest absolute Gasteiger partial charge is 0.390 e. The van der Waals surface area contributed by atoms with Gasteiger partial charge >= 0.3 is 0 Å². The van der Waals surface area contributed by atoms with E-state index in [-0.39, 0.29) is 23.2 Å². The van der Waals surface area contributed by atoms with E-state index in [0.717, 1.165) is 12.8 Å². The summed E-state index contributed by atoms with van der Waals surface area (Å²) in [6.45, 7) is 6.89. The minimum Gasteiger partial charge on any atom is -0.390 e. The average Bonchev–Trinajstić information content (AvgIpc) is 3.22. The van der Waals surface area contributed by atoms with Crippen LogP contribution in [0, 0.1) is 5.92 Å². The molecule has 3 aliphatic rings. The summed E-state index contributed by atoms with van der Waals surface area (Å²) in [4.78, 5) is 0. The van der Waals surface area contributed by atoms with Crippen molar-refractivity contribution in [2.75, 3.05) is 6.61 Å². The minimum absolute atomic E-state index is 0.112. The van der Waals surface area contributed by atoms with Crippen LogP contribution in [0.1, 0.15) is 40.0 Å². The van der Waals surface area contributed by atoms with E-state index in [0.29, 0.717) is 13.0 Å². The van der Waals surface area contributed by atoms with Crippen LogP contribution in [-0.4, -0.2) is 46.3 Å². The Balaban J connectivity index is 1.75. The molecule has 1 spiro atoms. The lowest BCUT2D eigenvalue weighted by molar-refractivity contribution is -0.0976. The predicted molar refractivity (Wildman–Crippen MR) is 70.7 cm³/mol. The molecule has 19 heavy (non-hydrogen) atoms. The molecule has 2 saturated heterocycles. The second kappa shape index (κ2) is 4.29. The molecule has 2 aliphatic heterocycles. The fraction of sp³-hybridized carbons (Fsp3) is 0.867. The Hall–Kier alpha value is -0.420. The first-order valence-electron chi connectivity index (χ1n) is 7.20. The Bertz CT molecular complexity index is 397. The van der Waals surface area contributed by atoms with Gasteiger partial charge in [0, 0.05) is 0 Å². The Labute approximate surface area is 114 Å². The molecule has 0 radical (unpaired) electrons. The van der Waals surface area contributed by atoms with Gasteiger partial charge in [-0.3, -0.25) is 0 Å². The van der Waals surface area contributed by atoms with Crippen molar-refractivity contribution in [2.45, 2.75) is 69.5 Å². The van der Waals surface area contributed by atoms with Crippen LogP contribution < -0.4 is 0 Å². The Morgan fingerprint density at radius 3 is 2.63 bits per heavy atom. The van der Waals surface area contributed by atoms with Gasteiger partial charge in [0.1, 0.15) is 5.60 Å². The van der Waals surface area contributed by atoms with Crippen LogP contribution in [0.4, 0.5) is 0 Å². The van der Waals surface area contributed by atoms with Crippen molar-refractivity contribution in [1.29, 1.82) is 0 Å². The molecule has 1 saturated carbocycles. The highest BCUT2D eigenvalue weighted by atomic mass is 16.6. The molecule has 0 aromatic carbocycles. The number of aliphatic hydroxyl groups is 2. The number of epoxide rings is 2. The molecule has 0 aromatic rings. The predicted octanol–water partition coefficient (Wildman–Crippen LogP) is 1.40. The molecule has 3 rings (SSSR count). The zero-order chi connectivity index (χ0) is 13.8. The smallest absolute Gasteiger partial charge is 0.101 e. The van der Waals surface area contributed by atoms with Crippen molar-refractivity contribution in [3.63, 3.8) is 0 Å². The molecule has 3 fully saturated rings. The first kappa shape index (κ1) is 13.6. The molecular formula is C15H24O4. The first-order chi connectivity index (χ1) is 8.89. The van der Waals surface area contributed by atoms with Gasteiger partial charge in [-0.1, -0.05) is 11.6 Å². The van der Waals surface area contributed by atoms with Crippen molar-refractivity contribution < 1.29 is 19.7 Å². The van der Waals surface area contributed by atoms with Crippen LogP contribution in [0.5, 0.6) is 0 Å². The standard InChI is InChI=1S/C15H24O4/c1-9(2)4-5-11-14(3,19-11)13-12(17)10(16)6-7-15(13)8-18-15/h4,10-13,16-17H,5-8H2,1-3H3/t10-,11?,12+,13?,14?,15-/m0/s1. The van der Waals surface area contributed by atoms with Crippen molar-refractivity contribution in [1.82, 2.24) is 0 Å². The monoisotopic (exact) mass is 268 g/mol. The topological polar surface area (TPSA) is 65.5 Å². The summed E-state index contributed by atoms with van der Waals surface area (Å²) >= 11 is 0. The Morgan fingerprint density at radius 1 is 1.37 bits per heavy atom. The van der Waals surface area contributed by atoms with Crippen LogP contribution in [0.25, 0.3) is 0 Å². The summed E-state index contributed by atoms with van der Waals surface area (Å²) in [5, 5.41) is 20.3. The average molecular weight is 268 g/mol. The maximum absolute atomic E-state index is 10.4. The van der Waals surface area contributed by atoms with E-state index in [1.54, 1.807) is 0 Å². The van der Waals surface area contributed by atoms with Gasteiger partial charge in [0.15, 0.2) is 0 Å². The van der Waals surface area contributed by atoms with Crippen LogP contribution in [-0.2, 0) is 9.47 Å². The maximum atomic E-state index is 10.4. The molecule has 0 aromatic heterocycles. The third-order valence-corrected chi connectivity index (χ3v) is 5.02. The number of hydrogen-bond donors (Lipinski definition) is 2. The normalized spacial score (nSPS) is 52.1. The van der Waals surface area contributed by atoms with Crippen molar-refractivity contribution >= 4 is 0 Å². The third kappa shape index (κ3) is 2.15. The van der Waals surface area contributed by atoms with E-state index in [1.807, 2.05) is 6.92 Å². The second-order valence-electron chi connectivity index (χ2n) is 6.74. The van der Waals surface area contributed by atoms with Gasteiger partial charge in [-0.2, -0.15) is 0 Å². The van der Waals surface area contributed by atoms with E-state index in [9.17, 15) is 10.2 Å². The van der Waals surface area contributed by atoms with Gasteiger partial charge in [0.05, 0.1) is 36.4 Å². The highest BCUT2D eigenvalue weighted by Crippen LogP contribution is 2.58. The molecular weight excluding hydrogens is 244 g/mol. The molecule has 0 bridgehead atoms. The van der Waals surface area contributed by atoms with Gasteiger partial charge in [-0.05, 0) is 40.0 Å². The van der Waals surface area contributed by atoms with E-state index >= 15 is 0 Å². The van der Waals surface area contributed by atoms with Crippen molar-refractivity contribution in [3.8, 4) is 0 Å². The summed E-state index contributed by atoms with van der Waals surface area (Å²) < 4.78 is 11.5. The molecule has 4 heteroatoms. The quantitative estimate of drug-likeness (QED) is 0.600. The molecule has 2 heterocycles. The number of allylic oxidation sites excluding steroid dienone is 1. The van der Waals surface area contributed by atoms with E-state index in [1.165, 1.54) is 5.57 Å². The number of aliphatic hydroxyl groups excluding tert-OH is 2. The van der Waals surface area contributed by atoms with Crippen LogP contribution in [0.15, 0.2) is 11.6 Å². The van der Waals surface area contributed by atoms with Gasteiger partial charge < -0.3 is 19.7 Å². The third-order valence-electron chi connectivity index (χ3n) is 5.02. The molecule has 3 unspecified atom stereocenters. The SMILES string of the molecule is CC(C)=CCC1OC1(C)C1[C@H](O)[C@@H](O)CC[C@]12CO2. The van der Waals surface area contributed by atoms with E-state index < -0.39 is 12.2 Å². The first-order valence-corrected chi connectivity index (χ1v) is 7.20. The Kier molecular flexibility index (Phi) is 3.06. The summed E-state index contributed by atoms with van der Waals surface area (Å²) in [6.07, 6.45) is 3.23. The molecule has 6 atom stereocenters. The van der Waals surface area contributed by atoms with Gasteiger partial charge in [-0.25, -0.2) is 0 Å². The fourth-order valence-corrected chi connectivity index (χ4v) is 3.70. The fourth-order valence-electron chi connectivity index (χ4n) is 3.70. The molecule has 4 nitrogen and oxygen atoms in total. The molecule has 108 valence electrons. The van der Waals surface area contributed by atoms with Gasteiger partial charge in [0.25, 0.3) is 0 Å². The van der Waals surface area contributed by atoms with E-state index in [2.05, 4.69) is 19.9 Å². The second-order valence-corrected chi connectivity index (χ2v) is 6.74. The lowest BCUT2D eigenvalue weighted by Crippen LogP contribution is -2.53. The summed E-state index contributed by atoms with van der Waals surface area (Å²) in [5.74, 6) is -0.112. The van der Waals surface area contributed by atoms with Crippen LogP contribution >= 0.6 is 0 Å². The number of rotatable bonds is 3. The summed E-state index contributed by atoms with van der Waals surface area (Å²) in [7, 11) is 0.